The Morgan fingerprint density at radius 3 is 2.12 bits per heavy atom. The number of nitrogens with zero attached hydrogens (tertiary/aromatic N) is 1. The third-order valence-corrected chi connectivity index (χ3v) is 5.67. The average molecular weight is 567 g/mol. The van der Waals surface area contributed by atoms with E-state index in [1.54, 1.807) is 66.7 Å². The number of anilines is 2. The van der Waals surface area contributed by atoms with Gasteiger partial charge in [-0.15, -0.1) is 0 Å². The van der Waals surface area contributed by atoms with E-state index in [1.165, 1.54) is 24.4 Å². The number of nitrogens with one attached hydrogen (secondary N) is 3. The Morgan fingerprint density at radius 1 is 0.707 bits per heavy atom. The van der Waals surface area contributed by atoms with Crippen molar-refractivity contribution in [2.24, 2.45) is 5.10 Å². The van der Waals surface area contributed by atoms with Gasteiger partial charge in [0.05, 0.1) is 17.5 Å². The van der Waals surface area contributed by atoms with Gasteiger partial charge in [0.25, 0.3) is 5.91 Å². The molecule has 4 aromatic rings. The van der Waals surface area contributed by atoms with Crippen LogP contribution >= 0.6 is 11.6 Å². The van der Waals surface area contributed by atoms with Gasteiger partial charge in [0, 0.05) is 16.8 Å². The number of ether oxygens (including phenoxy) is 1. The summed E-state index contributed by atoms with van der Waals surface area (Å²) >= 11 is 5.87. The Hall–Kier alpha value is -5.54. The van der Waals surface area contributed by atoms with Crippen molar-refractivity contribution in [2.45, 2.75) is 0 Å². The lowest BCUT2D eigenvalue weighted by Gasteiger charge is -2.11. The van der Waals surface area contributed by atoms with Crippen molar-refractivity contribution >= 4 is 59.0 Å². The summed E-state index contributed by atoms with van der Waals surface area (Å²) < 4.78 is 5.26. The first-order chi connectivity index (χ1) is 19.9. The fourth-order valence-electron chi connectivity index (χ4n) is 3.42. The number of benzene rings is 4. The van der Waals surface area contributed by atoms with Gasteiger partial charge < -0.3 is 15.4 Å². The highest BCUT2D eigenvalue weighted by atomic mass is 35.5. The molecule has 4 aromatic carbocycles. The molecule has 0 saturated heterocycles. The average Bonchev–Trinajstić information content (AvgIpc) is 2.99. The molecule has 0 aliphatic heterocycles. The van der Waals surface area contributed by atoms with Crippen molar-refractivity contribution in [3.8, 4) is 5.75 Å². The van der Waals surface area contributed by atoms with Gasteiger partial charge in [0.1, 0.15) is 5.75 Å². The number of amides is 3. The number of hydrogen-bond donors (Lipinski definition) is 3. The lowest BCUT2D eigenvalue weighted by molar-refractivity contribution is -0.136. The largest absolute Gasteiger partial charge is 0.423 e. The molecule has 0 aliphatic rings. The summed E-state index contributed by atoms with van der Waals surface area (Å²) in [7, 11) is 0. The summed E-state index contributed by atoms with van der Waals surface area (Å²) in [4.78, 5) is 49.4. The topological polar surface area (TPSA) is 126 Å². The van der Waals surface area contributed by atoms with Gasteiger partial charge in [-0.2, -0.15) is 5.10 Å². The Labute approximate surface area is 240 Å². The van der Waals surface area contributed by atoms with Gasteiger partial charge in [0.15, 0.2) is 0 Å². The van der Waals surface area contributed by atoms with Crippen LogP contribution in [0.1, 0.15) is 21.5 Å². The number of carbonyl (C=O) groups is 4. The monoisotopic (exact) mass is 566 g/mol. The number of rotatable bonds is 8. The number of hydrazone groups is 1. The third kappa shape index (κ3) is 8.74. The van der Waals surface area contributed by atoms with Gasteiger partial charge in [-0.1, -0.05) is 54.1 Å². The second-order valence-electron chi connectivity index (χ2n) is 8.39. The molecule has 9 nitrogen and oxygen atoms in total. The normalized spacial score (nSPS) is 10.8. The molecule has 3 N–H and O–H groups in total. The second kappa shape index (κ2) is 14.0. The number of para-hydroxylation sites is 1. The van der Waals surface area contributed by atoms with Crippen LogP contribution < -0.4 is 20.8 Å². The van der Waals surface area contributed by atoms with E-state index in [1.807, 2.05) is 30.3 Å². The molecule has 0 radical (unpaired) electrons. The summed E-state index contributed by atoms with van der Waals surface area (Å²) in [6, 6.07) is 28.5. The van der Waals surface area contributed by atoms with E-state index in [9.17, 15) is 19.2 Å². The fourth-order valence-corrected chi connectivity index (χ4v) is 3.54. The van der Waals surface area contributed by atoms with Gasteiger partial charge in [-0.05, 0) is 77.9 Å². The molecule has 0 aliphatic carbocycles. The SMILES string of the molecule is O=C(C=Cc1ccccc1)Oc1ccc(C=NNC(=O)C(=O)Nc2ccccc2C(=O)Nc2ccc(Cl)cc2)cc1. The van der Waals surface area contributed by atoms with Gasteiger partial charge in [0.2, 0.25) is 0 Å². The highest BCUT2D eigenvalue weighted by molar-refractivity contribution is 6.40. The Balaban J connectivity index is 1.28. The number of carbonyl (C=O) groups excluding carboxylic acids is 4. The van der Waals surface area contributed by atoms with E-state index in [0.29, 0.717) is 22.0 Å². The summed E-state index contributed by atoms with van der Waals surface area (Å²) in [6.07, 6.45) is 4.30. The first-order valence-corrected chi connectivity index (χ1v) is 12.6. The standard InChI is InChI=1S/C31H23ClN4O5/c32-23-13-15-24(16-14-23)34-29(38)26-8-4-5-9-27(26)35-30(39)31(40)36-33-20-22-10-17-25(18-11-22)41-28(37)19-12-21-6-2-1-3-7-21/h1-20H,(H,34,38)(H,35,39)(H,36,40). The highest BCUT2D eigenvalue weighted by Gasteiger charge is 2.17. The van der Waals surface area contributed by atoms with Gasteiger partial charge in [-0.25, -0.2) is 10.2 Å². The lowest BCUT2D eigenvalue weighted by Crippen LogP contribution is -2.33. The molecule has 0 fully saturated rings. The van der Waals surface area contributed by atoms with E-state index in [2.05, 4.69) is 21.2 Å². The quantitative estimate of drug-likeness (QED) is 0.0666. The van der Waals surface area contributed by atoms with Crippen molar-refractivity contribution in [3.63, 3.8) is 0 Å². The molecule has 3 amide bonds. The molecule has 0 unspecified atom stereocenters. The van der Waals surface area contributed by atoms with Crippen molar-refractivity contribution in [1.82, 2.24) is 5.43 Å². The van der Waals surface area contributed by atoms with E-state index in [-0.39, 0.29) is 11.3 Å². The third-order valence-electron chi connectivity index (χ3n) is 5.42. The molecule has 4 rings (SSSR count). The Bertz CT molecular complexity index is 1600. The van der Waals surface area contributed by atoms with Crippen LogP contribution in [0.5, 0.6) is 5.75 Å². The maximum Gasteiger partial charge on any atom is 0.336 e. The summed E-state index contributed by atoms with van der Waals surface area (Å²) in [6.45, 7) is 0. The van der Waals surface area contributed by atoms with Crippen LogP contribution in [-0.4, -0.2) is 29.9 Å². The zero-order chi connectivity index (χ0) is 29.0. The summed E-state index contributed by atoms with van der Waals surface area (Å²) in [5.41, 5.74) is 4.40. The lowest BCUT2D eigenvalue weighted by atomic mass is 10.1. The van der Waals surface area contributed by atoms with Gasteiger partial charge in [-0.3, -0.25) is 14.4 Å². The van der Waals surface area contributed by atoms with Crippen LogP contribution in [0.2, 0.25) is 5.02 Å². The summed E-state index contributed by atoms with van der Waals surface area (Å²) in [5.74, 6) is -2.74. The molecule has 0 saturated carbocycles. The molecule has 204 valence electrons. The molecule has 41 heavy (non-hydrogen) atoms. The number of esters is 1. The van der Waals surface area contributed by atoms with E-state index >= 15 is 0 Å². The zero-order valence-electron chi connectivity index (χ0n) is 21.4. The van der Waals surface area contributed by atoms with Crippen LogP contribution in [0.15, 0.2) is 114 Å². The van der Waals surface area contributed by atoms with Crippen LogP contribution in [0.3, 0.4) is 0 Å². The number of hydrogen-bond acceptors (Lipinski definition) is 6. The maximum absolute atomic E-state index is 12.7. The summed E-state index contributed by atoms with van der Waals surface area (Å²) in [5, 5.41) is 9.43. The minimum Gasteiger partial charge on any atom is -0.423 e. The zero-order valence-corrected chi connectivity index (χ0v) is 22.2. The van der Waals surface area contributed by atoms with Crippen molar-refractivity contribution in [3.05, 3.63) is 131 Å². The molecule has 0 aromatic heterocycles. The van der Waals surface area contributed by atoms with Crippen LogP contribution in [0.4, 0.5) is 11.4 Å². The molecular weight excluding hydrogens is 544 g/mol. The minimum atomic E-state index is -1.04. The minimum absolute atomic E-state index is 0.145. The molecule has 0 atom stereocenters. The van der Waals surface area contributed by atoms with Crippen molar-refractivity contribution in [2.75, 3.05) is 10.6 Å². The Kier molecular flexibility index (Phi) is 9.73. The highest BCUT2D eigenvalue weighted by Crippen LogP contribution is 2.19. The molecule has 0 bridgehead atoms. The second-order valence-corrected chi connectivity index (χ2v) is 8.83. The van der Waals surface area contributed by atoms with Crippen LogP contribution in [0.25, 0.3) is 6.08 Å². The van der Waals surface area contributed by atoms with Crippen molar-refractivity contribution < 1.29 is 23.9 Å². The smallest absolute Gasteiger partial charge is 0.336 e. The van der Waals surface area contributed by atoms with Gasteiger partial charge >= 0.3 is 17.8 Å². The van der Waals surface area contributed by atoms with Crippen LogP contribution in [-0.2, 0) is 14.4 Å². The van der Waals surface area contributed by atoms with Crippen LogP contribution in [0, 0.1) is 0 Å². The maximum atomic E-state index is 12.7. The predicted molar refractivity (Wildman–Crippen MR) is 158 cm³/mol. The van der Waals surface area contributed by atoms with Crippen molar-refractivity contribution in [1.29, 1.82) is 0 Å². The van der Waals surface area contributed by atoms with E-state index < -0.39 is 23.7 Å². The first-order valence-electron chi connectivity index (χ1n) is 12.2. The predicted octanol–water partition coefficient (Wildman–Crippen LogP) is 5.30. The van der Waals surface area contributed by atoms with E-state index in [0.717, 1.165) is 5.56 Å². The molecule has 10 heteroatoms. The molecular formula is C31H23ClN4O5. The molecule has 0 spiro atoms. The first kappa shape index (κ1) is 28.5. The molecule has 0 heterocycles. The van der Waals surface area contributed by atoms with E-state index in [4.69, 9.17) is 16.3 Å². The Morgan fingerprint density at radius 2 is 1.39 bits per heavy atom. The number of halogens is 1. The fraction of sp³-hybridized carbons (Fsp3) is 0.